The fourth-order valence-corrected chi connectivity index (χ4v) is 3.42. The Morgan fingerprint density at radius 3 is 2.42 bits per heavy atom. The van der Waals surface area contributed by atoms with Crippen LogP contribution in [0.25, 0.3) is 6.08 Å². The molecular formula is C21H31NO4. The summed E-state index contributed by atoms with van der Waals surface area (Å²) in [5.74, 6) is 1.86. The average Bonchev–Trinajstić information content (AvgIpc) is 2.66. The van der Waals surface area contributed by atoms with E-state index >= 15 is 0 Å². The van der Waals surface area contributed by atoms with Crippen LogP contribution in [0.15, 0.2) is 18.2 Å². The van der Waals surface area contributed by atoms with Gasteiger partial charge in [-0.15, -0.1) is 0 Å². The highest BCUT2D eigenvalue weighted by Crippen LogP contribution is 2.38. The van der Waals surface area contributed by atoms with Gasteiger partial charge in [-0.1, -0.05) is 12.5 Å². The van der Waals surface area contributed by atoms with Crippen molar-refractivity contribution in [1.29, 1.82) is 0 Å². The molecule has 0 aromatic heterocycles. The van der Waals surface area contributed by atoms with Crippen LogP contribution in [0.1, 0.15) is 44.6 Å². The van der Waals surface area contributed by atoms with Crippen LogP contribution < -0.4 is 14.2 Å². The predicted molar refractivity (Wildman–Crippen MR) is 104 cm³/mol. The molecule has 1 unspecified atom stereocenters. The highest BCUT2D eigenvalue weighted by molar-refractivity contribution is 5.93. The minimum Gasteiger partial charge on any atom is -0.493 e. The number of rotatable bonds is 9. The molecule has 0 saturated carbocycles. The summed E-state index contributed by atoms with van der Waals surface area (Å²) in [4.78, 5) is 14.7. The molecule has 1 fully saturated rings. The maximum Gasteiger partial charge on any atom is 0.203 e. The summed E-state index contributed by atoms with van der Waals surface area (Å²) in [6, 6.07) is 4.31. The van der Waals surface area contributed by atoms with E-state index in [0.29, 0.717) is 29.7 Å². The highest BCUT2D eigenvalue weighted by atomic mass is 16.5. The number of piperidine rings is 1. The Morgan fingerprint density at radius 2 is 1.85 bits per heavy atom. The van der Waals surface area contributed by atoms with Crippen molar-refractivity contribution >= 4 is 11.9 Å². The van der Waals surface area contributed by atoms with Crippen LogP contribution in [0.5, 0.6) is 17.2 Å². The second-order valence-corrected chi connectivity index (χ2v) is 6.74. The smallest absolute Gasteiger partial charge is 0.203 e. The number of ketones is 1. The lowest BCUT2D eigenvalue weighted by Crippen LogP contribution is -2.38. The summed E-state index contributed by atoms with van der Waals surface area (Å²) in [5.41, 5.74) is 0.845. The van der Waals surface area contributed by atoms with Gasteiger partial charge in [-0.05, 0) is 63.0 Å². The van der Waals surface area contributed by atoms with Crippen molar-refractivity contribution in [3.63, 3.8) is 0 Å². The number of likely N-dealkylation sites (tertiary alicyclic amines) is 1. The van der Waals surface area contributed by atoms with E-state index < -0.39 is 0 Å². The Bertz CT molecular complexity index is 601. The summed E-state index contributed by atoms with van der Waals surface area (Å²) in [7, 11) is 4.73. The zero-order chi connectivity index (χ0) is 18.9. The molecule has 26 heavy (non-hydrogen) atoms. The third-order valence-electron chi connectivity index (χ3n) is 4.96. The van der Waals surface area contributed by atoms with Gasteiger partial charge in [0, 0.05) is 12.5 Å². The summed E-state index contributed by atoms with van der Waals surface area (Å²) in [6.45, 7) is 4.45. The molecule has 1 aliphatic heterocycles. The summed E-state index contributed by atoms with van der Waals surface area (Å²) < 4.78 is 16.0. The molecule has 0 bridgehead atoms. The quantitative estimate of drug-likeness (QED) is 0.623. The Labute approximate surface area is 156 Å². The lowest BCUT2D eigenvalue weighted by Gasteiger charge is -2.33. The van der Waals surface area contributed by atoms with Gasteiger partial charge in [-0.2, -0.15) is 0 Å². The number of carbonyl (C=O) groups excluding carboxylic acids is 1. The molecule has 1 saturated heterocycles. The van der Waals surface area contributed by atoms with Crippen LogP contribution in [0.2, 0.25) is 0 Å². The van der Waals surface area contributed by atoms with Crippen LogP contribution in [-0.4, -0.2) is 51.1 Å². The topological polar surface area (TPSA) is 48.0 Å². The van der Waals surface area contributed by atoms with E-state index in [1.165, 1.54) is 19.3 Å². The molecule has 5 nitrogen and oxygen atoms in total. The van der Waals surface area contributed by atoms with Crippen LogP contribution in [0.4, 0.5) is 0 Å². The van der Waals surface area contributed by atoms with E-state index in [-0.39, 0.29) is 5.78 Å². The zero-order valence-corrected chi connectivity index (χ0v) is 16.4. The van der Waals surface area contributed by atoms with Crippen LogP contribution in [-0.2, 0) is 4.79 Å². The zero-order valence-electron chi connectivity index (χ0n) is 16.4. The molecule has 2 rings (SSSR count). The molecule has 0 amide bonds. The third-order valence-corrected chi connectivity index (χ3v) is 4.96. The van der Waals surface area contributed by atoms with E-state index in [1.807, 2.05) is 12.1 Å². The van der Waals surface area contributed by atoms with Crippen molar-refractivity contribution < 1.29 is 19.0 Å². The normalized spacial score (nSPS) is 18.1. The van der Waals surface area contributed by atoms with Gasteiger partial charge < -0.3 is 19.1 Å². The molecule has 0 radical (unpaired) electrons. The largest absolute Gasteiger partial charge is 0.493 e. The summed E-state index contributed by atoms with van der Waals surface area (Å²) in [6.07, 6.45) is 8.80. The molecule has 1 aromatic rings. The van der Waals surface area contributed by atoms with Crippen LogP contribution in [0.3, 0.4) is 0 Å². The minimum absolute atomic E-state index is 0.142. The fraction of sp³-hybridized carbons (Fsp3) is 0.571. The van der Waals surface area contributed by atoms with Gasteiger partial charge in [-0.3, -0.25) is 4.79 Å². The Balaban J connectivity index is 1.91. The van der Waals surface area contributed by atoms with E-state index in [0.717, 1.165) is 25.1 Å². The first kappa shape index (κ1) is 20.3. The monoisotopic (exact) mass is 361 g/mol. The van der Waals surface area contributed by atoms with Crippen LogP contribution >= 0.6 is 0 Å². The fourth-order valence-electron chi connectivity index (χ4n) is 3.42. The second kappa shape index (κ2) is 10.2. The molecule has 0 spiro atoms. The number of nitrogens with zero attached hydrogens (tertiary/aromatic N) is 1. The molecule has 144 valence electrons. The Morgan fingerprint density at radius 1 is 1.15 bits per heavy atom. The van der Waals surface area contributed by atoms with Crippen LogP contribution in [0, 0.1) is 0 Å². The Hall–Kier alpha value is -2.01. The first-order chi connectivity index (χ1) is 12.6. The number of hydrogen-bond donors (Lipinski definition) is 0. The number of carbonyl (C=O) groups is 1. The predicted octanol–water partition coefficient (Wildman–Crippen LogP) is 3.95. The average molecular weight is 361 g/mol. The molecular weight excluding hydrogens is 330 g/mol. The van der Waals surface area contributed by atoms with E-state index in [4.69, 9.17) is 14.2 Å². The second-order valence-electron chi connectivity index (χ2n) is 6.74. The van der Waals surface area contributed by atoms with E-state index in [9.17, 15) is 4.79 Å². The molecule has 1 aromatic carbocycles. The van der Waals surface area contributed by atoms with Crippen molar-refractivity contribution in [3.05, 3.63) is 23.8 Å². The summed E-state index contributed by atoms with van der Waals surface area (Å²) in [5, 5.41) is 0. The first-order valence-corrected chi connectivity index (χ1v) is 9.34. The number of benzene rings is 1. The minimum atomic E-state index is 0.142. The molecule has 0 N–H and O–H groups in total. The van der Waals surface area contributed by atoms with Crippen molar-refractivity contribution in [2.45, 2.75) is 45.1 Å². The van der Waals surface area contributed by atoms with E-state index in [1.54, 1.807) is 33.5 Å². The van der Waals surface area contributed by atoms with Crippen molar-refractivity contribution in [2.24, 2.45) is 0 Å². The van der Waals surface area contributed by atoms with Crippen molar-refractivity contribution in [3.8, 4) is 17.2 Å². The van der Waals surface area contributed by atoms with Gasteiger partial charge in [0.15, 0.2) is 17.3 Å². The number of allylic oxidation sites excluding steroid dienone is 1. The van der Waals surface area contributed by atoms with Gasteiger partial charge >= 0.3 is 0 Å². The third kappa shape index (κ3) is 5.49. The lowest BCUT2D eigenvalue weighted by atomic mass is 10.0. The maximum absolute atomic E-state index is 12.2. The molecule has 1 aliphatic rings. The number of hydrogen-bond acceptors (Lipinski definition) is 5. The molecule has 1 heterocycles. The first-order valence-electron chi connectivity index (χ1n) is 9.34. The highest BCUT2D eigenvalue weighted by Gasteiger charge is 2.17. The number of methoxy groups -OCH3 is 3. The van der Waals surface area contributed by atoms with Crippen molar-refractivity contribution in [1.82, 2.24) is 4.90 Å². The molecule has 0 aliphatic carbocycles. The molecule has 1 atom stereocenters. The Kier molecular flexibility index (Phi) is 7.98. The van der Waals surface area contributed by atoms with Gasteiger partial charge in [0.05, 0.1) is 21.3 Å². The lowest BCUT2D eigenvalue weighted by molar-refractivity contribution is -0.114. The van der Waals surface area contributed by atoms with Crippen molar-refractivity contribution in [2.75, 3.05) is 34.4 Å². The van der Waals surface area contributed by atoms with Gasteiger partial charge in [0.2, 0.25) is 5.75 Å². The maximum atomic E-state index is 12.2. The van der Waals surface area contributed by atoms with Gasteiger partial charge in [0.25, 0.3) is 0 Å². The van der Waals surface area contributed by atoms with Gasteiger partial charge in [-0.25, -0.2) is 0 Å². The SMILES string of the molecule is COc1cc(/C=C/C(=O)CCCN2CCCCC2C)cc(OC)c1OC. The van der Waals surface area contributed by atoms with Gasteiger partial charge in [0.1, 0.15) is 0 Å². The molecule has 5 heteroatoms. The number of ether oxygens (including phenoxy) is 3. The standard InChI is InChI=1S/C21H31NO4/c1-16-8-5-6-12-22(16)13-7-9-18(23)11-10-17-14-19(24-2)21(26-4)20(15-17)25-3/h10-11,14-16H,5-9,12-13H2,1-4H3/b11-10+. The summed E-state index contributed by atoms with van der Waals surface area (Å²) >= 11 is 0. The van der Waals surface area contributed by atoms with E-state index in [2.05, 4.69) is 11.8 Å².